The highest BCUT2D eigenvalue weighted by Gasteiger charge is 2.13. The summed E-state index contributed by atoms with van der Waals surface area (Å²) in [4.78, 5) is 23.4. The quantitative estimate of drug-likeness (QED) is 0.748. The Morgan fingerprint density at radius 2 is 2.00 bits per heavy atom. The van der Waals surface area contributed by atoms with Crippen molar-refractivity contribution in [3.8, 4) is 0 Å². The van der Waals surface area contributed by atoms with Crippen LogP contribution in [0.15, 0.2) is 24.3 Å². The molecule has 1 aromatic rings. The van der Waals surface area contributed by atoms with E-state index in [9.17, 15) is 9.59 Å². The largest absolute Gasteiger partial charge is 0.447 e. The number of hydrogen-bond donors (Lipinski definition) is 3. The zero-order valence-corrected chi connectivity index (χ0v) is 11.1. The van der Waals surface area contributed by atoms with E-state index in [0.29, 0.717) is 24.3 Å². The summed E-state index contributed by atoms with van der Waals surface area (Å²) in [7, 11) is 0. The van der Waals surface area contributed by atoms with Crippen LogP contribution in [0, 0.1) is 0 Å². The van der Waals surface area contributed by atoms with Crippen molar-refractivity contribution >= 4 is 17.7 Å². The molecule has 1 aromatic carbocycles. The van der Waals surface area contributed by atoms with Gasteiger partial charge in [0.15, 0.2) is 0 Å². The van der Waals surface area contributed by atoms with Gasteiger partial charge < -0.3 is 15.8 Å². The van der Waals surface area contributed by atoms with Crippen LogP contribution in [-0.4, -0.2) is 31.2 Å². The molecule has 0 saturated carbocycles. The van der Waals surface area contributed by atoms with Crippen molar-refractivity contribution in [3.63, 3.8) is 0 Å². The third-order valence-corrected chi connectivity index (χ3v) is 2.18. The Morgan fingerprint density at radius 3 is 2.63 bits per heavy atom. The molecule has 0 radical (unpaired) electrons. The SMILES string of the molecule is CC(C)OC(=O)Nc1ccccc1C(=O)NCCN. The smallest absolute Gasteiger partial charge is 0.411 e. The van der Waals surface area contributed by atoms with Gasteiger partial charge in [-0.2, -0.15) is 0 Å². The van der Waals surface area contributed by atoms with Crippen molar-refractivity contribution in [3.05, 3.63) is 29.8 Å². The fraction of sp³-hybridized carbons (Fsp3) is 0.385. The monoisotopic (exact) mass is 265 g/mol. The van der Waals surface area contributed by atoms with Crippen LogP contribution in [0.25, 0.3) is 0 Å². The lowest BCUT2D eigenvalue weighted by atomic mass is 10.1. The predicted molar refractivity (Wildman–Crippen MR) is 73.1 cm³/mol. The summed E-state index contributed by atoms with van der Waals surface area (Å²) in [6.45, 7) is 4.24. The van der Waals surface area contributed by atoms with Gasteiger partial charge >= 0.3 is 6.09 Å². The topological polar surface area (TPSA) is 93.4 Å². The highest BCUT2D eigenvalue weighted by atomic mass is 16.6. The van der Waals surface area contributed by atoms with Crippen LogP contribution in [-0.2, 0) is 4.74 Å². The third-order valence-electron chi connectivity index (χ3n) is 2.18. The van der Waals surface area contributed by atoms with Crippen LogP contribution in [0.1, 0.15) is 24.2 Å². The number of benzene rings is 1. The van der Waals surface area contributed by atoms with E-state index in [2.05, 4.69) is 10.6 Å². The fourth-order valence-corrected chi connectivity index (χ4v) is 1.42. The summed E-state index contributed by atoms with van der Waals surface area (Å²) < 4.78 is 4.97. The van der Waals surface area contributed by atoms with E-state index in [-0.39, 0.29) is 12.0 Å². The average molecular weight is 265 g/mol. The molecule has 4 N–H and O–H groups in total. The second-order valence-corrected chi connectivity index (χ2v) is 4.17. The van der Waals surface area contributed by atoms with Gasteiger partial charge in [-0.25, -0.2) is 4.79 Å². The summed E-state index contributed by atoms with van der Waals surface area (Å²) in [5.74, 6) is -0.286. The number of anilines is 1. The van der Waals surface area contributed by atoms with Crippen LogP contribution in [0.3, 0.4) is 0 Å². The molecule has 6 nitrogen and oxygen atoms in total. The molecular weight excluding hydrogens is 246 g/mol. The molecule has 0 aliphatic rings. The molecule has 2 amide bonds. The first kappa shape index (κ1) is 15.0. The minimum Gasteiger partial charge on any atom is -0.447 e. The van der Waals surface area contributed by atoms with E-state index >= 15 is 0 Å². The molecule has 0 bridgehead atoms. The molecule has 104 valence electrons. The number of para-hydroxylation sites is 1. The standard InChI is InChI=1S/C13H19N3O3/c1-9(2)19-13(18)16-11-6-4-3-5-10(11)12(17)15-8-7-14/h3-6,9H,7-8,14H2,1-2H3,(H,15,17)(H,16,18). The molecule has 0 fully saturated rings. The lowest BCUT2D eigenvalue weighted by Crippen LogP contribution is -2.30. The lowest BCUT2D eigenvalue weighted by molar-refractivity contribution is 0.0955. The molecular formula is C13H19N3O3. The molecule has 0 aliphatic heterocycles. The molecule has 0 atom stereocenters. The average Bonchev–Trinajstić information content (AvgIpc) is 2.35. The van der Waals surface area contributed by atoms with Gasteiger partial charge in [0.2, 0.25) is 0 Å². The summed E-state index contributed by atoms with van der Waals surface area (Å²) in [6, 6.07) is 6.71. The van der Waals surface area contributed by atoms with Crippen molar-refractivity contribution in [2.45, 2.75) is 20.0 Å². The maximum absolute atomic E-state index is 11.9. The number of hydrogen-bond acceptors (Lipinski definition) is 4. The van der Waals surface area contributed by atoms with Gasteiger partial charge in [-0.1, -0.05) is 12.1 Å². The van der Waals surface area contributed by atoms with Crippen molar-refractivity contribution < 1.29 is 14.3 Å². The number of nitrogens with two attached hydrogens (primary N) is 1. The normalized spacial score (nSPS) is 10.1. The minimum absolute atomic E-state index is 0.224. The second kappa shape index (κ2) is 7.38. The molecule has 0 unspecified atom stereocenters. The van der Waals surface area contributed by atoms with Crippen molar-refractivity contribution in [1.29, 1.82) is 0 Å². The summed E-state index contributed by atoms with van der Waals surface area (Å²) >= 11 is 0. The maximum atomic E-state index is 11.9. The Morgan fingerprint density at radius 1 is 1.32 bits per heavy atom. The fourth-order valence-electron chi connectivity index (χ4n) is 1.42. The molecule has 19 heavy (non-hydrogen) atoms. The van der Waals surface area contributed by atoms with Gasteiger partial charge in [0.05, 0.1) is 17.4 Å². The van der Waals surface area contributed by atoms with Gasteiger partial charge in [0, 0.05) is 13.1 Å². The van der Waals surface area contributed by atoms with E-state index in [1.54, 1.807) is 38.1 Å². The van der Waals surface area contributed by atoms with Gasteiger partial charge in [0.1, 0.15) is 0 Å². The number of rotatable bonds is 5. The van der Waals surface area contributed by atoms with E-state index in [1.807, 2.05) is 0 Å². The van der Waals surface area contributed by atoms with E-state index < -0.39 is 6.09 Å². The van der Waals surface area contributed by atoms with E-state index in [1.165, 1.54) is 0 Å². The summed E-state index contributed by atoms with van der Waals surface area (Å²) in [6.07, 6.45) is -0.813. The Kier molecular flexibility index (Phi) is 5.81. The second-order valence-electron chi connectivity index (χ2n) is 4.17. The van der Waals surface area contributed by atoms with Gasteiger partial charge in [-0.3, -0.25) is 10.1 Å². The Bertz CT molecular complexity index is 447. The summed E-state index contributed by atoms with van der Waals surface area (Å²) in [5, 5.41) is 5.19. The lowest BCUT2D eigenvalue weighted by Gasteiger charge is -2.12. The molecule has 6 heteroatoms. The number of ether oxygens (including phenoxy) is 1. The first-order valence-electron chi connectivity index (χ1n) is 6.09. The van der Waals surface area contributed by atoms with Crippen molar-refractivity contribution in [1.82, 2.24) is 5.32 Å². The minimum atomic E-state index is -0.589. The molecule has 0 aliphatic carbocycles. The molecule has 0 saturated heterocycles. The molecule has 0 spiro atoms. The van der Waals surface area contributed by atoms with Crippen molar-refractivity contribution in [2.24, 2.45) is 5.73 Å². The van der Waals surface area contributed by atoms with Crippen LogP contribution < -0.4 is 16.4 Å². The number of amides is 2. The van der Waals surface area contributed by atoms with Crippen molar-refractivity contribution in [2.75, 3.05) is 18.4 Å². The van der Waals surface area contributed by atoms with Gasteiger partial charge in [0.25, 0.3) is 5.91 Å². The third kappa shape index (κ3) is 4.97. The zero-order valence-electron chi connectivity index (χ0n) is 11.1. The molecule has 0 heterocycles. The van der Waals surface area contributed by atoms with Gasteiger partial charge in [-0.15, -0.1) is 0 Å². The predicted octanol–water partition coefficient (Wildman–Crippen LogP) is 1.33. The molecule has 0 aromatic heterocycles. The Balaban J connectivity index is 2.78. The Labute approximate surface area is 112 Å². The number of carbonyl (C=O) groups excluding carboxylic acids is 2. The maximum Gasteiger partial charge on any atom is 0.411 e. The van der Waals surface area contributed by atoms with E-state index in [0.717, 1.165) is 0 Å². The van der Waals surface area contributed by atoms with E-state index in [4.69, 9.17) is 10.5 Å². The highest BCUT2D eigenvalue weighted by Crippen LogP contribution is 2.15. The summed E-state index contributed by atoms with van der Waals surface area (Å²) in [5.41, 5.74) is 6.10. The van der Waals surface area contributed by atoms with Crippen LogP contribution >= 0.6 is 0 Å². The van der Waals surface area contributed by atoms with Crippen LogP contribution in [0.5, 0.6) is 0 Å². The van der Waals surface area contributed by atoms with Gasteiger partial charge in [-0.05, 0) is 26.0 Å². The number of carbonyl (C=O) groups is 2. The Hall–Kier alpha value is -2.08. The van der Waals surface area contributed by atoms with Crippen LogP contribution in [0.2, 0.25) is 0 Å². The number of nitrogens with one attached hydrogen (secondary N) is 2. The molecule has 1 rings (SSSR count). The highest BCUT2D eigenvalue weighted by molar-refractivity contribution is 6.02. The zero-order chi connectivity index (χ0) is 14.3. The van der Waals surface area contributed by atoms with Crippen LogP contribution in [0.4, 0.5) is 10.5 Å². The first-order chi connectivity index (χ1) is 9.04. The first-order valence-corrected chi connectivity index (χ1v) is 6.09.